The van der Waals surface area contributed by atoms with E-state index in [1.807, 2.05) is 6.92 Å². The van der Waals surface area contributed by atoms with E-state index in [9.17, 15) is 14.4 Å². The van der Waals surface area contributed by atoms with Gasteiger partial charge in [0.15, 0.2) is 11.4 Å². The average molecular weight is 392 g/mol. The van der Waals surface area contributed by atoms with E-state index in [-0.39, 0.29) is 23.3 Å². The fourth-order valence-corrected chi connectivity index (χ4v) is 3.30. The highest BCUT2D eigenvalue weighted by molar-refractivity contribution is 5.98. The number of rotatable bonds is 7. The van der Waals surface area contributed by atoms with Crippen molar-refractivity contribution < 1.29 is 28.6 Å². The number of ether oxygens (including phenoxy) is 3. The molecule has 0 spiro atoms. The summed E-state index contributed by atoms with van der Waals surface area (Å²) in [6.45, 7) is 4.64. The van der Waals surface area contributed by atoms with Gasteiger partial charge < -0.3 is 19.5 Å². The standard InChI is InChI=1S/C20H28N2O6/c1-12(20(25)27-13(2)15-8-6-5-7-9-15)22-19(24)17-18(28-14(3)23)16(26-4)10-11-21-17/h10-13,15H,5-9H2,1-4H3,(H,22,24)/t12-,13?/m0/s1. The van der Waals surface area contributed by atoms with E-state index >= 15 is 0 Å². The summed E-state index contributed by atoms with van der Waals surface area (Å²) in [5.41, 5.74) is -0.144. The molecule has 2 atom stereocenters. The lowest BCUT2D eigenvalue weighted by Gasteiger charge is -2.28. The Labute approximate surface area is 164 Å². The Morgan fingerprint density at radius 3 is 2.46 bits per heavy atom. The van der Waals surface area contributed by atoms with Crippen LogP contribution in [0.2, 0.25) is 0 Å². The molecule has 1 aromatic heterocycles. The zero-order valence-corrected chi connectivity index (χ0v) is 16.8. The molecule has 1 saturated carbocycles. The van der Waals surface area contributed by atoms with Crippen molar-refractivity contribution in [2.24, 2.45) is 5.92 Å². The first-order valence-electron chi connectivity index (χ1n) is 9.56. The maximum atomic E-state index is 12.6. The molecule has 1 fully saturated rings. The van der Waals surface area contributed by atoms with Crippen LogP contribution in [-0.4, -0.2) is 42.1 Å². The third-order valence-electron chi connectivity index (χ3n) is 4.87. The fourth-order valence-electron chi connectivity index (χ4n) is 3.30. The summed E-state index contributed by atoms with van der Waals surface area (Å²) in [6.07, 6.45) is 6.79. The van der Waals surface area contributed by atoms with Crippen LogP contribution in [0.15, 0.2) is 12.3 Å². The van der Waals surface area contributed by atoms with Gasteiger partial charge >= 0.3 is 11.9 Å². The van der Waals surface area contributed by atoms with E-state index in [0.717, 1.165) is 25.7 Å². The van der Waals surface area contributed by atoms with Crippen LogP contribution >= 0.6 is 0 Å². The van der Waals surface area contributed by atoms with Crippen LogP contribution in [0.3, 0.4) is 0 Å². The van der Waals surface area contributed by atoms with Gasteiger partial charge in [-0.3, -0.25) is 9.59 Å². The molecule has 1 heterocycles. The second-order valence-electron chi connectivity index (χ2n) is 7.02. The molecule has 1 amide bonds. The molecule has 2 rings (SSSR count). The van der Waals surface area contributed by atoms with Crippen LogP contribution in [0.4, 0.5) is 0 Å². The number of esters is 2. The summed E-state index contributed by atoms with van der Waals surface area (Å²) in [5.74, 6) is -1.33. The van der Waals surface area contributed by atoms with Crippen LogP contribution < -0.4 is 14.8 Å². The zero-order chi connectivity index (χ0) is 20.7. The maximum absolute atomic E-state index is 12.6. The Balaban J connectivity index is 2.03. The number of carbonyl (C=O) groups excluding carboxylic acids is 3. The smallest absolute Gasteiger partial charge is 0.328 e. The van der Waals surface area contributed by atoms with Crippen LogP contribution in [-0.2, 0) is 14.3 Å². The lowest BCUT2D eigenvalue weighted by Crippen LogP contribution is -2.42. The van der Waals surface area contributed by atoms with Crippen molar-refractivity contribution in [1.82, 2.24) is 10.3 Å². The Kier molecular flexibility index (Phi) is 7.78. The Hall–Kier alpha value is -2.64. The van der Waals surface area contributed by atoms with E-state index in [1.165, 1.54) is 32.7 Å². The van der Waals surface area contributed by atoms with Crippen LogP contribution in [0.5, 0.6) is 11.5 Å². The molecule has 1 aromatic rings. The minimum atomic E-state index is -0.878. The number of nitrogens with one attached hydrogen (secondary N) is 1. The maximum Gasteiger partial charge on any atom is 0.328 e. The molecule has 0 aliphatic heterocycles. The third-order valence-corrected chi connectivity index (χ3v) is 4.87. The highest BCUT2D eigenvalue weighted by Gasteiger charge is 2.28. The van der Waals surface area contributed by atoms with Gasteiger partial charge in [0, 0.05) is 19.2 Å². The minimum absolute atomic E-state index is 0.0915. The van der Waals surface area contributed by atoms with Crippen LogP contribution in [0.25, 0.3) is 0 Å². The van der Waals surface area contributed by atoms with Gasteiger partial charge in [-0.05, 0) is 32.6 Å². The van der Waals surface area contributed by atoms with Gasteiger partial charge in [0.05, 0.1) is 7.11 Å². The lowest BCUT2D eigenvalue weighted by atomic mass is 9.86. The zero-order valence-electron chi connectivity index (χ0n) is 16.8. The van der Waals surface area contributed by atoms with E-state index in [1.54, 1.807) is 6.92 Å². The molecule has 0 bridgehead atoms. The first-order chi connectivity index (χ1) is 13.3. The molecule has 1 aliphatic carbocycles. The largest absolute Gasteiger partial charge is 0.493 e. The number of hydrogen-bond donors (Lipinski definition) is 1. The van der Waals surface area contributed by atoms with Gasteiger partial charge in [-0.15, -0.1) is 0 Å². The molecule has 28 heavy (non-hydrogen) atoms. The van der Waals surface area contributed by atoms with Gasteiger partial charge in [-0.2, -0.15) is 0 Å². The summed E-state index contributed by atoms with van der Waals surface area (Å²) >= 11 is 0. The van der Waals surface area contributed by atoms with Gasteiger partial charge in [0.1, 0.15) is 12.1 Å². The van der Waals surface area contributed by atoms with Crippen molar-refractivity contribution in [3.63, 3.8) is 0 Å². The molecular formula is C20H28N2O6. The number of hydrogen-bond acceptors (Lipinski definition) is 7. The molecule has 154 valence electrons. The molecule has 0 radical (unpaired) electrons. The van der Waals surface area contributed by atoms with E-state index in [0.29, 0.717) is 5.92 Å². The predicted octanol–water partition coefficient (Wildman–Crippen LogP) is 2.65. The van der Waals surface area contributed by atoms with E-state index < -0.39 is 23.9 Å². The Bertz CT molecular complexity index is 715. The summed E-state index contributed by atoms with van der Waals surface area (Å²) in [7, 11) is 1.39. The molecule has 0 aromatic carbocycles. The van der Waals surface area contributed by atoms with E-state index in [4.69, 9.17) is 14.2 Å². The summed E-state index contributed by atoms with van der Waals surface area (Å²) in [5, 5.41) is 2.55. The lowest BCUT2D eigenvalue weighted by molar-refractivity contribution is -0.153. The molecular weight excluding hydrogens is 364 g/mol. The van der Waals surface area contributed by atoms with Crippen molar-refractivity contribution in [2.75, 3.05) is 7.11 Å². The first-order valence-corrected chi connectivity index (χ1v) is 9.56. The quantitative estimate of drug-likeness (QED) is 0.711. The van der Waals surface area contributed by atoms with E-state index in [2.05, 4.69) is 10.3 Å². The summed E-state index contributed by atoms with van der Waals surface area (Å²) in [6, 6.07) is 0.593. The number of amides is 1. The van der Waals surface area contributed by atoms with Crippen molar-refractivity contribution >= 4 is 17.8 Å². The molecule has 8 heteroatoms. The third kappa shape index (κ3) is 5.68. The summed E-state index contributed by atoms with van der Waals surface area (Å²) < 4.78 is 15.7. The molecule has 1 N–H and O–H groups in total. The van der Waals surface area contributed by atoms with Crippen LogP contribution in [0.1, 0.15) is 63.4 Å². The summed E-state index contributed by atoms with van der Waals surface area (Å²) in [4.78, 5) is 40.3. The molecule has 0 saturated heterocycles. The first kappa shape index (κ1) is 21.7. The Morgan fingerprint density at radius 1 is 1.18 bits per heavy atom. The highest BCUT2D eigenvalue weighted by Crippen LogP contribution is 2.30. The number of pyridine rings is 1. The van der Waals surface area contributed by atoms with Gasteiger partial charge in [0.2, 0.25) is 5.75 Å². The van der Waals surface area contributed by atoms with Crippen molar-refractivity contribution in [2.45, 2.75) is 65.0 Å². The topological polar surface area (TPSA) is 104 Å². The molecule has 8 nitrogen and oxygen atoms in total. The van der Waals surface area contributed by atoms with Crippen molar-refractivity contribution in [3.05, 3.63) is 18.0 Å². The molecule has 1 aliphatic rings. The van der Waals surface area contributed by atoms with Gasteiger partial charge in [-0.25, -0.2) is 9.78 Å². The SMILES string of the molecule is COc1ccnc(C(=O)N[C@@H](C)C(=O)OC(C)C2CCCCC2)c1OC(C)=O. The van der Waals surface area contributed by atoms with Crippen molar-refractivity contribution in [1.29, 1.82) is 0 Å². The Morgan fingerprint density at radius 2 is 1.86 bits per heavy atom. The second kappa shape index (κ2) is 10.1. The number of aromatic nitrogens is 1. The van der Waals surface area contributed by atoms with Crippen molar-refractivity contribution in [3.8, 4) is 11.5 Å². The predicted molar refractivity (Wildman–Crippen MR) is 101 cm³/mol. The second-order valence-corrected chi connectivity index (χ2v) is 7.02. The number of nitrogens with zero attached hydrogens (tertiary/aromatic N) is 1. The normalized spacial score (nSPS) is 16.6. The highest BCUT2D eigenvalue weighted by atomic mass is 16.6. The van der Waals surface area contributed by atoms with Gasteiger partial charge in [-0.1, -0.05) is 19.3 Å². The monoisotopic (exact) mass is 392 g/mol. The number of carbonyl (C=O) groups is 3. The molecule has 1 unspecified atom stereocenters. The fraction of sp³-hybridized carbons (Fsp3) is 0.600. The minimum Gasteiger partial charge on any atom is -0.493 e. The average Bonchev–Trinajstić information content (AvgIpc) is 2.68. The van der Waals surface area contributed by atoms with Crippen LogP contribution in [0, 0.1) is 5.92 Å². The van der Waals surface area contributed by atoms with Gasteiger partial charge in [0.25, 0.3) is 5.91 Å². The number of methoxy groups -OCH3 is 1.